The van der Waals surface area contributed by atoms with Crippen LogP contribution in [0.1, 0.15) is 24.0 Å². The van der Waals surface area contributed by atoms with E-state index in [2.05, 4.69) is 11.2 Å². The molecule has 0 N–H and O–H groups in total. The molecule has 3 aliphatic rings. The topological polar surface area (TPSA) is 53.0 Å². The highest BCUT2D eigenvalue weighted by atomic mass is 16.2. The molecule has 0 aromatic heterocycles. The van der Waals surface area contributed by atoms with Gasteiger partial charge in [-0.05, 0) is 36.1 Å². The molecule has 1 aromatic carbocycles. The summed E-state index contributed by atoms with van der Waals surface area (Å²) in [7, 11) is 3.54. The first-order chi connectivity index (χ1) is 10.1. The molecule has 108 valence electrons. The van der Waals surface area contributed by atoms with Crippen LogP contribution in [-0.4, -0.2) is 36.6 Å². The number of benzene rings is 1. The minimum atomic E-state index is 0.128. The second-order valence-electron chi connectivity index (χ2n) is 6.09. The molecule has 5 nitrogen and oxygen atoms in total. The molecule has 4 rings (SSSR count). The van der Waals surface area contributed by atoms with E-state index in [0.717, 1.165) is 29.8 Å². The van der Waals surface area contributed by atoms with Gasteiger partial charge < -0.3 is 4.90 Å². The number of hydrazone groups is 1. The van der Waals surface area contributed by atoms with Crippen molar-refractivity contribution in [3.05, 3.63) is 29.3 Å². The molecule has 2 amide bonds. The lowest BCUT2D eigenvalue weighted by Crippen LogP contribution is -2.32. The minimum Gasteiger partial charge on any atom is -0.315 e. The first-order valence-corrected chi connectivity index (χ1v) is 7.32. The van der Waals surface area contributed by atoms with E-state index in [1.165, 1.54) is 10.6 Å². The highest BCUT2D eigenvalue weighted by molar-refractivity contribution is 6.10. The van der Waals surface area contributed by atoms with Gasteiger partial charge in [-0.15, -0.1) is 0 Å². The van der Waals surface area contributed by atoms with Gasteiger partial charge >= 0.3 is 0 Å². The Morgan fingerprint density at radius 3 is 2.76 bits per heavy atom. The Morgan fingerprint density at radius 1 is 1.14 bits per heavy atom. The SMILES string of the molecule is CN1N=C(c2ccc3c(c2)CCC(=O)N3C)C2CC2C1=O. The summed E-state index contributed by atoms with van der Waals surface area (Å²) in [4.78, 5) is 25.3. The molecule has 0 saturated heterocycles. The zero-order chi connectivity index (χ0) is 14.7. The molecule has 2 aliphatic heterocycles. The Bertz CT molecular complexity index is 695. The van der Waals surface area contributed by atoms with Crippen molar-refractivity contribution in [3.63, 3.8) is 0 Å². The lowest BCUT2D eigenvalue weighted by Gasteiger charge is -2.27. The fourth-order valence-electron chi connectivity index (χ4n) is 3.38. The fraction of sp³-hybridized carbons (Fsp3) is 0.438. The predicted octanol–water partition coefficient (Wildman–Crippen LogP) is 1.41. The maximum Gasteiger partial charge on any atom is 0.246 e. The van der Waals surface area contributed by atoms with Crippen LogP contribution in [0.3, 0.4) is 0 Å². The Hall–Kier alpha value is -2.17. The smallest absolute Gasteiger partial charge is 0.246 e. The van der Waals surface area contributed by atoms with Gasteiger partial charge in [-0.1, -0.05) is 6.07 Å². The summed E-state index contributed by atoms with van der Waals surface area (Å²) in [6, 6.07) is 6.15. The molecule has 21 heavy (non-hydrogen) atoms. The highest BCUT2D eigenvalue weighted by Crippen LogP contribution is 2.45. The molecule has 0 bridgehead atoms. The third kappa shape index (κ3) is 1.80. The third-order valence-corrected chi connectivity index (χ3v) is 4.75. The molecule has 5 heteroatoms. The van der Waals surface area contributed by atoms with Crippen LogP contribution in [0.4, 0.5) is 5.69 Å². The van der Waals surface area contributed by atoms with Crippen LogP contribution in [0.2, 0.25) is 0 Å². The van der Waals surface area contributed by atoms with E-state index in [4.69, 9.17) is 0 Å². The van der Waals surface area contributed by atoms with Crippen LogP contribution in [0.25, 0.3) is 0 Å². The van der Waals surface area contributed by atoms with Crippen LogP contribution < -0.4 is 4.90 Å². The fourth-order valence-corrected chi connectivity index (χ4v) is 3.38. The highest BCUT2D eigenvalue weighted by Gasteiger charge is 2.51. The average Bonchev–Trinajstić information content (AvgIpc) is 3.27. The number of amides is 2. The van der Waals surface area contributed by atoms with E-state index in [-0.39, 0.29) is 23.7 Å². The van der Waals surface area contributed by atoms with Crippen molar-refractivity contribution in [3.8, 4) is 0 Å². The Labute approximate surface area is 123 Å². The summed E-state index contributed by atoms with van der Waals surface area (Å²) >= 11 is 0. The summed E-state index contributed by atoms with van der Waals surface area (Å²) in [5, 5.41) is 5.93. The van der Waals surface area contributed by atoms with E-state index in [9.17, 15) is 9.59 Å². The summed E-state index contributed by atoms with van der Waals surface area (Å²) < 4.78 is 0. The lowest BCUT2D eigenvalue weighted by molar-refractivity contribution is -0.131. The number of nitrogens with zero attached hydrogens (tertiary/aromatic N) is 3. The normalized spacial score (nSPS) is 27.2. The minimum absolute atomic E-state index is 0.128. The largest absolute Gasteiger partial charge is 0.315 e. The van der Waals surface area contributed by atoms with Gasteiger partial charge in [0.15, 0.2) is 0 Å². The molecule has 1 aliphatic carbocycles. The van der Waals surface area contributed by atoms with E-state index >= 15 is 0 Å². The Kier molecular flexibility index (Phi) is 2.49. The first-order valence-electron chi connectivity index (χ1n) is 7.32. The molecule has 0 spiro atoms. The summed E-state index contributed by atoms with van der Waals surface area (Å²) in [5.74, 6) is 0.711. The second kappa shape index (κ2) is 4.16. The number of aryl methyl sites for hydroxylation is 1. The van der Waals surface area contributed by atoms with Crippen LogP contribution in [0, 0.1) is 11.8 Å². The molecule has 2 unspecified atom stereocenters. The van der Waals surface area contributed by atoms with Crippen LogP contribution in [0.5, 0.6) is 0 Å². The molecule has 1 fully saturated rings. The number of anilines is 1. The van der Waals surface area contributed by atoms with E-state index in [1.807, 2.05) is 19.2 Å². The van der Waals surface area contributed by atoms with Crippen molar-refractivity contribution in [1.29, 1.82) is 0 Å². The van der Waals surface area contributed by atoms with Crippen LogP contribution >= 0.6 is 0 Å². The monoisotopic (exact) mass is 283 g/mol. The summed E-state index contributed by atoms with van der Waals surface area (Å²) in [6.45, 7) is 0. The molecule has 1 saturated carbocycles. The van der Waals surface area contributed by atoms with Gasteiger partial charge in [-0.3, -0.25) is 9.59 Å². The number of rotatable bonds is 1. The van der Waals surface area contributed by atoms with Crippen LogP contribution in [-0.2, 0) is 16.0 Å². The molecule has 2 heterocycles. The second-order valence-corrected chi connectivity index (χ2v) is 6.09. The maximum absolute atomic E-state index is 11.8. The Morgan fingerprint density at radius 2 is 1.95 bits per heavy atom. The van der Waals surface area contributed by atoms with Crippen molar-refractivity contribution in [2.45, 2.75) is 19.3 Å². The molecular formula is C16H17N3O2. The van der Waals surface area contributed by atoms with Gasteiger partial charge in [0.1, 0.15) is 0 Å². The van der Waals surface area contributed by atoms with Crippen molar-refractivity contribution in [2.24, 2.45) is 16.9 Å². The van der Waals surface area contributed by atoms with Gasteiger partial charge in [0.25, 0.3) is 0 Å². The van der Waals surface area contributed by atoms with Crippen molar-refractivity contribution in [1.82, 2.24) is 5.01 Å². The molecular weight excluding hydrogens is 266 g/mol. The van der Waals surface area contributed by atoms with Gasteiger partial charge in [0.05, 0.1) is 5.71 Å². The predicted molar refractivity (Wildman–Crippen MR) is 79.1 cm³/mol. The zero-order valence-electron chi connectivity index (χ0n) is 12.2. The van der Waals surface area contributed by atoms with E-state index in [0.29, 0.717) is 6.42 Å². The maximum atomic E-state index is 11.8. The molecule has 0 radical (unpaired) electrons. The first kappa shape index (κ1) is 12.6. The van der Waals surface area contributed by atoms with Gasteiger partial charge in [0.2, 0.25) is 11.8 Å². The number of fused-ring (bicyclic) bond motifs is 2. The molecule has 2 atom stereocenters. The lowest BCUT2D eigenvalue weighted by atomic mass is 9.95. The molecule has 1 aromatic rings. The number of hydrogen-bond donors (Lipinski definition) is 0. The summed E-state index contributed by atoms with van der Waals surface area (Å²) in [6.07, 6.45) is 2.25. The quantitative estimate of drug-likeness (QED) is 0.782. The van der Waals surface area contributed by atoms with Gasteiger partial charge in [-0.25, -0.2) is 5.01 Å². The van der Waals surface area contributed by atoms with E-state index in [1.54, 1.807) is 11.9 Å². The standard InChI is InChI=1S/C16H17N3O2/c1-18-13-5-3-10(7-9(13)4-6-14(18)20)15-11-8-12(11)16(21)19(2)17-15/h3,5,7,11-12H,4,6,8H2,1-2H3. The third-order valence-electron chi connectivity index (χ3n) is 4.75. The van der Waals surface area contributed by atoms with Crippen molar-refractivity contribution >= 4 is 23.2 Å². The van der Waals surface area contributed by atoms with Crippen LogP contribution in [0.15, 0.2) is 23.3 Å². The van der Waals surface area contributed by atoms with Crippen molar-refractivity contribution in [2.75, 3.05) is 19.0 Å². The number of carbonyl (C=O) groups is 2. The van der Waals surface area contributed by atoms with Gasteiger partial charge in [0, 0.05) is 38.0 Å². The van der Waals surface area contributed by atoms with Gasteiger partial charge in [-0.2, -0.15) is 5.10 Å². The number of carbonyl (C=O) groups excluding carboxylic acids is 2. The average molecular weight is 283 g/mol. The number of hydrogen-bond acceptors (Lipinski definition) is 3. The zero-order valence-corrected chi connectivity index (χ0v) is 12.2. The van der Waals surface area contributed by atoms with E-state index < -0.39 is 0 Å². The summed E-state index contributed by atoms with van der Waals surface area (Å²) in [5.41, 5.74) is 4.28. The Balaban J connectivity index is 1.73. The van der Waals surface area contributed by atoms with Crippen molar-refractivity contribution < 1.29 is 9.59 Å².